The minimum Gasteiger partial charge on any atom is -0.482 e. The smallest absolute Gasteiger partial charge is 0.262 e. The highest BCUT2D eigenvalue weighted by Gasteiger charge is 2.44. The SMILES string of the molecule is N#Cc1ccc(OCC(=O)Nc2ccc3c(c2)OC2(CCCC2)O3)c(Cl)c1. The zero-order valence-electron chi connectivity index (χ0n) is 14.5. The molecule has 2 aromatic carbocycles. The lowest BCUT2D eigenvalue weighted by atomic mass is 10.2. The van der Waals surface area contributed by atoms with Crippen LogP contribution >= 0.6 is 11.6 Å². The van der Waals surface area contributed by atoms with Crippen LogP contribution in [-0.2, 0) is 4.79 Å². The number of amides is 1. The number of hydrogen-bond acceptors (Lipinski definition) is 5. The van der Waals surface area contributed by atoms with Crippen LogP contribution in [0.3, 0.4) is 0 Å². The van der Waals surface area contributed by atoms with Crippen LogP contribution < -0.4 is 19.5 Å². The topological polar surface area (TPSA) is 80.6 Å². The van der Waals surface area contributed by atoms with Crippen molar-refractivity contribution in [3.8, 4) is 23.3 Å². The van der Waals surface area contributed by atoms with E-state index in [1.807, 2.05) is 6.07 Å². The predicted molar refractivity (Wildman–Crippen MR) is 99.2 cm³/mol. The fourth-order valence-corrected chi connectivity index (χ4v) is 3.55. The molecule has 0 atom stereocenters. The van der Waals surface area contributed by atoms with Gasteiger partial charge < -0.3 is 19.5 Å². The zero-order chi connectivity index (χ0) is 18.9. The molecule has 1 spiro atoms. The summed E-state index contributed by atoms with van der Waals surface area (Å²) in [4.78, 5) is 12.2. The standard InChI is InChI=1S/C20H17ClN2O4/c21-15-9-13(11-22)3-5-16(15)25-12-19(24)23-14-4-6-17-18(10-14)27-20(26-17)7-1-2-8-20/h3-6,9-10H,1-2,7-8,12H2,(H,23,24). The van der Waals surface area contributed by atoms with Crippen LogP contribution in [0, 0.1) is 11.3 Å². The van der Waals surface area contributed by atoms with Gasteiger partial charge in [-0.2, -0.15) is 5.26 Å². The van der Waals surface area contributed by atoms with Crippen LogP contribution in [0.25, 0.3) is 0 Å². The average Bonchev–Trinajstić information content (AvgIpc) is 3.26. The summed E-state index contributed by atoms with van der Waals surface area (Å²) in [7, 11) is 0. The van der Waals surface area contributed by atoms with Crippen LogP contribution in [0.4, 0.5) is 5.69 Å². The number of ether oxygens (including phenoxy) is 3. The molecule has 0 unspecified atom stereocenters. The molecule has 1 aliphatic heterocycles. The summed E-state index contributed by atoms with van der Waals surface area (Å²) >= 11 is 6.04. The number of nitrogens with zero attached hydrogens (tertiary/aromatic N) is 1. The highest BCUT2D eigenvalue weighted by Crippen LogP contribution is 2.47. The summed E-state index contributed by atoms with van der Waals surface area (Å²) < 4.78 is 17.4. The number of rotatable bonds is 4. The molecule has 1 N–H and O–H groups in total. The van der Waals surface area contributed by atoms with Gasteiger partial charge in [0.25, 0.3) is 11.7 Å². The summed E-state index contributed by atoms with van der Waals surface area (Å²) in [6.07, 6.45) is 3.94. The van der Waals surface area contributed by atoms with Crippen molar-refractivity contribution in [3.05, 3.63) is 47.0 Å². The van der Waals surface area contributed by atoms with E-state index in [0.717, 1.165) is 25.7 Å². The van der Waals surface area contributed by atoms with Crippen LogP contribution in [-0.4, -0.2) is 18.3 Å². The Morgan fingerprint density at radius 2 is 1.96 bits per heavy atom. The molecular weight excluding hydrogens is 368 g/mol. The number of halogens is 1. The number of nitrogens with one attached hydrogen (secondary N) is 1. The summed E-state index contributed by atoms with van der Waals surface area (Å²) in [6.45, 7) is -0.204. The summed E-state index contributed by atoms with van der Waals surface area (Å²) in [5.41, 5.74) is 1.03. The maximum Gasteiger partial charge on any atom is 0.262 e. The molecule has 0 radical (unpaired) electrons. The Bertz CT molecular complexity index is 932. The minimum absolute atomic E-state index is 0.204. The second kappa shape index (κ2) is 7.01. The Hall–Kier alpha value is -2.91. The maximum atomic E-state index is 12.2. The quantitative estimate of drug-likeness (QED) is 0.851. The molecule has 1 amide bonds. The van der Waals surface area contributed by atoms with E-state index in [-0.39, 0.29) is 17.5 Å². The molecule has 6 nitrogen and oxygen atoms in total. The van der Waals surface area contributed by atoms with Crippen LogP contribution in [0.15, 0.2) is 36.4 Å². The lowest BCUT2D eigenvalue weighted by Gasteiger charge is -2.21. The van der Waals surface area contributed by atoms with Crippen LogP contribution in [0.2, 0.25) is 5.02 Å². The van der Waals surface area contributed by atoms with Crippen molar-refractivity contribution in [2.24, 2.45) is 0 Å². The first-order chi connectivity index (χ1) is 13.1. The highest BCUT2D eigenvalue weighted by molar-refractivity contribution is 6.32. The fourth-order valence-electron chi connectivity index (χ4n) is 3.32. The van der Waals surface area contributed by atoms with Gasteiger partial charge in [-0.15, -0.1) is 0 Å². The molecule has 2 aromatic rings. The molecule has 7 heteroatoms. The molecular formula is C20H17ClN2O4. The van der Waals surface area contributed by atoms with E-state index in [2.05, 4.69) is 5.32 Å². The first kappa shape index (κ1) is 17.5. The van der Waals surface area contributed by atoms with Gasteiger partial charge >= 0.3 is 0 Å². The van der Waals surface area contributed by atoms with Crippen molar-refractivity contribution in [1.82, 2.24) is 0 Å². The average molecular weight is 385 g/mol. The first-order valence-corrected chi connectivity index (χ1v) is 9.09. The number of benzene rings is 2. The lowest BCUT2D eigenvalue weighted by molar-refractivity contribution is -0.118. The maximum absolute atomic E-state index is 12.2. The highest BCUT2D eigenvalue weighted by atomic mass is 35.5. The second-order valence-corrected chi connectivity index (χ2v) is 6.98. The number of hydrogen-bond donors (Lipinski definition) is 1. The van der Waals surface area contributed by atoms with Gasteiger partial charge in [-0.1, -0.05) is 11.6 Å². The Balaban J connectivity index is 1.36. The number of nitriles is 1. The number of fused-ring (bicyclic) bond motifs is 1. The molecule has 1 heterocycles. The molecule has 1 aliphatic carbocycles. The van der Waals surface area contributed by atoms with E-state index in [1.165, 1.54) is 6.07 Å². The van der Waals surface area contributed by atoms with Gasteiger partial charge in [0, 0.05) is 24.6 Å². The largest absolute Gasteiger partial charge is 0.482 e. The molecule has 1 saturated carbocycles. The molecule has 27 heavy (non-hydrogen) atoms. The van der Waals surface area contributed by atoms with Gasteiger partial charge in [0.2, 0.25) is 0 Å². The van der Waals surface area contributed by atoms with Crippen molar-refractivity contribution in [2.45, 2.75) is 31.5 Å². The van der Waals surface area contributed by atoms with E-state index in [0.29, 0.717) is 28.5 Å². The second-order valence-electron chi connectivity index (χ2n) is 6.58. The third kappa shape index (κ3) is 3.64. The molecule has 138 valence electrons. The molecule has 4 rings (SSSR count). The van der Waals surface area contributed by atoms with Crippen LogP contribution in [0.1, 0.15) is 31.2 Å². The van der Waals surface area contributed by atoms with E-state index < -0.39 is 5.79 Å². The van der Waals surface area contributed by atoms with Crippen molar-refractivity contribution in [1.29, 1.82) is 5.26 Å². The Labute approximate surface area is 161 Å². The molecule has 0 saturated heterocycles. The van der Waals surface area contributed by atoms with Gasteiger partial charge in [-0.3, -0.25) is 4.79 Å². The van der Waals surface area contributed by atoms with E-state index in [4.69, 9.17) is 31.1 Å². The molecule has 2 aliphatic rings. The predicted octanol–water partition coefficient (Wildman–Crippen LogP) is 4.27. The van der Waals surface area contributed by atoms with Crippen molar-refractivity contribution >= 4 is 23.2 Å². The summed E-state index contributed by atoms with van der Waals surface area (Å²) in [5.74, 6) is 0.839. The Kier molecular flexibility index (Phi) is 4.54. The van der Waals surface area contributed by atoms with Gasteiger partial charge in [0.1, 0.15) is 5.75 Å². The summed E-state index contributed by atoms with van der Waals surface area (Å²) in [5, 5.41) is 11.9. The van der Waals surface area contributed by atoms with Gasteiger partial charge in [-0.25, -0.2) is 0 Å². The Morgan fingerprint density at radius 1 is 1.19 bits per heavy atom. The Morgan fingerprint density at radius 3 is 2.70 bits per heavy atom. The summed E-state index contributed by atoms with van der Waals surface area (Å²) in [6, 6.07) is 12.0. The van der Waals surface area contributed by atoms with Gasteiger partial charge in [-0.05, 0) is 43.2 Å². The van der Waals surface area contributed by atoms with Crippen molar-refractivity contribution in [3.63, 3.8) is 0 Å². The fraction of sp³-hybridized carbons (Fsp3) is 0.300. The lowest BCUT2D eigenvalue weighted by Crippen LogP contribution is -2.34. The number of carbonyl (C=O) groups excluding carboxylic acids is 1. The van der Waals surface area contributed by atoms with Crippen molar-refractivity contribution in [2.75, 3.05) is 11.9 Å². The van der Waals surface area contributed by atoms with Gasteiger partial charge in [0.05, 0.1) is 16.7 Å². The number of carbonyl (C=O) groups is 1. The third-order valence-electron chi connectivity index (χ3n) is 4.60. The first-order valence-electron chi connectivity index (χ1n) is 8.71. The van der Waals surface area contributed by atoms with E-state index >= 15 is 0 Å². The van der Waals surface area contributed by atoms with Crippen LogP contribution in [0.5, 0.6) is 17.2 Å². The molecule has 0 aromatic heterocycles. The van der Waals surface area contributed by atoms with Gasteiger partial charge in [0.15, 0.2) is 18.1 Å². The monoisotopic (exact) mass is 384 g/mol. The molecule has 1 fully saturated rings. The molecule has 0 bridgehead atoms. The minimum atomic E-state index is -0.527. The van der Waals surface area contributed by atoms with E-state index in [1.54, 1.807) is 30.3 Å². The van der Waals surface area contributed by atoms with Crippen molar-refractivity contribution < 1.29 is 19.0 Å². The zero-order valence-corrected chi connectivity index (χ0v) is 15.2. The third-order valence-corrected chi connectivity index (χ3v) is 4.90. The normalized spacial score (nSPS) is 16.1. The number of anilines is 1. The van der Waals surface area contributed by atoms with E-state index in [9.17, 15) is 4.79 Å².